The van der Waals surface area contributed by atoms with E-state index in [9.17, 15) is 14.7 Å². The number of carboxylic acid groups (broad SMARTS) is 1. The molecule has 2 N–H and O–H groups in total. The fourth-order valence-electron chi connectivity index (χ4n) is 1.95. The smallest absolute Gasteiger partial charge is 0.337 e. The summed E-state index contributed by atoms with van der Waals surface area (Å²) in [6.07, 6.45) is 0. The number of rotatable bonds is 5. The molecule has 2 aromatic rings. The number of benzene rings is 2. The van der Waals surface area contributed by atoms with Gasteiger partial charge in [0.25, 0.3) is 5.91 Å². The average molecular weight is 314 g/mol. The molecule has 120 valence electrons. The topological polar surface area (TPSA) is 98.7 Å². The Bertz CT molecular complexity index is 755. The van der Waals surface area contributed by atoms with E-state index in [1.807, 2.05) is 26.0 Å². The molecule has 0 aliphatic rings. The summed E-state index contributed by atoms with van der Waals surface area (Å²) >= 11 is 0. The van der Waals surface area contributed by atoms with Crippen LogP contribution in [0.4, 0.5) is 5.69 Å². The van der Waals surface area contributed by atoms with Crippen LogP contribution in [0.1, 0.15) is 21.5 Å². The van der Waals surface area contributed by atoms with E-state index in [0.717, 1.165) is 17.2 Å². The molecule has 2 rings (SSSR count). The Labute approximate surface area is 133 Å². The summed E-state index contributed by atoms with van der Waals surface area (Å²) in [7, 11) is 0. The van der Waals surface area contributed by atoms with Gasteiger partial charge in [-0.25, -0.2) is 4.79 Å². The largest absolute Gasteiger partial charge is 0.872 e. The second-order valence-electron chi connectivity index (χ2n) is 5.10. The molecule has 23 heavy (non-hydrogen) atoms. The van der Waals surface area contributed by atoms with Crippen molar-refractivity contribution in [2.45, 2.75) is 13.8 Å². The van der Waals surface area contributed by atoms with Crippen molar-refractivity contribution in [3.8, 4) is 11.5 Å². The highest BCUT2D eigenvalue weighted by Crippen LogP contribution is 2.20. The van der Waals surface area contributed by atoms with E-state index in [4.69, 9.17) is 9.84 Å². The van der Waals surface area contributed by atoms with Crippen molar-refractivity contribution in [3.05, 3.63) is 53.1 Å². The molecule has 0 unspecified atom stereocenters. The highest BCUT2D eigenvalue weighted by atomic mass is 16.5. The Hall–Kier alpha value is -3.02. The van der Waals surface area contributed by atoms with Gasteiger partial charge in [-0.2, -0.15) is 0 Å². The van der Waals surface area contributed by atoms with Crippen molar-refractivity contribution < 1.29 is 24.5 Å². The minimum Gasteiger partial charge on any atom is -0.872 e. The first-order valence-corrected chi connectivity index (χ1v) is 6.91. The molecule has 0 fully saturated rings. The summed E-state index contributed by atoms with van der Waals surface area (Å²) in [5.41, 5.74) is 1.97. The van der Waals surface area contributed by atoms with Crippen LogP contribution in [0.2, 0.25) is 0 Å². The van der Waals surface area contributed by atoms with Crippen LogP contribution >= 0.6 is 0 Å². The van der Waals surface area contributed by atoms with Gasteiger partial charge in [0.15, 0.2) is 6.61 Å². The number of aromatic carboxylic acids is 1. The van der Waals surface area contributed by atoms with E-state index in [1.54, 1.807) is 6.07 Å². The Morgan fingerprint density at radius 3 is 2.52 bits per heavy atom. The SMILES string of the molecule is Cc1ccc(OCC(=O)Nc2ccc([O-])cc2C(=O)O)cc1C. The lowest BCUT2D eigenvalue weighted by molar-refractivity contribution is -0.268. The van der Waals surface area contributed by atoms with E-state index in [-0.39, 0.29) is 17.9 Å². The van der Waals surface area contributed by atoms with Gasteiger partial charge < -0.3 is 20.3 Å². The number of anilines is 1. The molecule has 0 atom stereocenters. The van der Waals surface area contributed by atoms with Gasteiger partial charge in [-0.05, 0) is 43.2 Å². The number of aryl methyl sites for hydroxylation is 2. The standard InChI is InChI=1S/C17H17NO5/c1-10-3-5-13(7-11(10)2)23-9-16(20)18-15-6-4-12(19)8-14(15)17(21)22/h3-8,19H,9H2,1-2H3,(H,18,20)(H,21,22)/p-1. The minimum atomic E-state index is -1.28. The molecule has 0 saturated heterocycles. The lowest BCUT2D eigenvalue weighted by atomic mass is 10.1. The van der Waals surface area contributed by atoms with E-state index in [0.29, 0.717) is 5.75 Å². The number of hydrogen-bond acceptors (Lipinski definition) is 4. The van der Waals surface area contributed by atoms with Crippen LogP contribution in [0, 0.1) is 13.8 Å². The minimum absolute atomic E-state index is 0.0609. The van der Waals surface area contributed by atoms with Crippen LogP contribution in [-0.4, -0.2) is 23.6 Å². The summed E-state index contributed by atoms with van der Waals surface area (Å²) in [4.78, 5) is 23.0. The maximum Gasteiger partial charge on any atom is 0.337 e. The molecular formula is C17H16NO5-. The number of carbonyl (C=O) groups excluding carboxylic acids is 1. The van der Waals surface area contributed by atoms with Crippen LogP contribution in [-0.2, 0) is 4.79 Å². The van der Waals surface area contributed by atoms with Crippen molar-refractivity contribution in [3.63, 3.8) is 0 Å². The van der Waals surface area contributed by atoms with Gasteiger partial charge in [-0.1, -0.05) is 18.2 Å². The van der Waals surface area contributed by atoms with Crippen LogP contribution in [0.5, 0.6) is 11.5 Å². The molecule has 0 radical (unpaired) electrons. The van der Waals surface area contributed by atoms with Crippen molar-refractivity contribution in [1.29, 1.82) is 0 Å². The van der Waals surface area contributed by atoms with Gasteiger partial charge in [0, 0.05) is 0 Å². The fourth-order valence-corrected chi connectivity index (χ4v) is 1.95. The Morgan fingerprint density at radius 2 is 1.87 bits per heavy atom. The van der Waals surface area contributed by atoms with E-state index < -0.39 is 17.6 Å². The van der Waals surface area contributed by atoms with E-state index in [1.165, 1.54) is 12.1 Å². The predicted octanol–water partition coefficient (Wildman–Crippen LogP) is 2.09. The molecule has 0 bridgehead atoms. The van der Waals surface area contributed by atoms with Crippen LogP contribution in [0.25, 0.3) is 0 Å². The molecule has 2 aromatic carbocycles. The van der Waals surface area contributed by atoms with Gasteiger partial charge in [-0.3, -0.25) is 4.79 Å². The molecule has 6 nitrogen and oxygen atoms in total. The van der Waals surface area contributed by atoms with Gasteiger partial charge in [0.2, 0.25) is 0 Å². The first-order valence-electron chi connectivity index (χ1n) is 6.91. The molecule has 6 heteroatoms. The highest BCUT2D eigenvalue weighted by molar-refractivity contribution is 6.01. The van der Waals surface area contributed by atoms with E-state index in [2.05, 4.69) is 5.32 Å². The van der Waals surface area contributed by atoms with Crippen molar-refractivity contribution >= 4 is 17.6 Å². The third kappa shape index (κ3) is 4.23. The third-order valence-electron chi connectivity index (χ3n) is 3.34. The second kappa shape index (κ2) is 6.83. The van der Waals surface area contributed by atoms with Crippen LogP contribution < -0.4 is 15.2 Å². The summed E-state index contributed by atoms with van der Waals surface area (Å²) in [5, 5.41) is 22.7. The molecule has 0 saturated carbocycles. The molecule has 0 aromatic heterocycles. The van der Waals surface area contributed by atoms with Gasteiger partial charge >= 0.3 is 5.97 Å². The number of nitrogens with one attached hydrogen (secondary N) is 1. The number of ether oxygens (including phenoxy) is 1. The number of carbonyl (C=O) groups is 2. The molecule has 0 heterocycles. The Kier molecular flexibility index (Phi) is 4.85. The maximum absolute atomic E-state index is 11.9. The van der Waals surface area contributed by atoms with Crippen molar-refractivity contribution in [1.82, 2.24) is 0 Å². The Morgan fingerprint density at radius 1 is 1.13 bits per heavy atom. The van der Waals surface area contributed by atoms with Gasteiger partial charge in [0.05, 0.1) is 11.3 Å². The van der Waals surface area contributed by atoms with Crippen LogP contribution in [0.15, 0.2) is 36.4 Å². The van der Waals surface area contributed by atoms with Crippen molar-refractivity contribution in [2.24, 2.45) is 0 Å². The summed E-state index contributed by atoms with van der Waals surface area (Å²) in [5.74, 6) is -1.68. The first-order chi connectivity index (χ1) is 10.9. The monoisotopic (exact) mass is 314 g/mol. The number of carboxylic acids is 1. The zero-order chi connectivity index (χ0) is 17.0. The summed E-state index contributed by atoms with van der Waals surface area (Å²) in [6.45, 7) is 3.64. The molecule has 1 amide bonds. The van der Waals surface area contributed by atoms with Gasteiger partial charge in [0.1, 0.15) is 5.75 Å². The lowest BCUT2D eigenvalue weighted by Gasteiger charge is -2.13. The average Bonchev–Trinajstić information content (AvgIpc) is 2.50. The second-order valence-corrected chi connectivity index (χ2v) is 5.10. The number of hydrogen-bond donors (Lipinski definition) is 2. The maximum atomic E-state index is 11.9. The van der Waals surface area contributed by atoms with Crippen LogP contribution in [0.3, 0.4) is 0 Å². The van der Waals surface area contributed by atoms with Crippen molar-refractivity contribution in [2.75, 3.05) is 11.9 Å². The zero-order valence-electron chi connectivity index (χ0n) is 12.8. The fraction of sp³-hybridized carbons (Fsp3) is 0.176. The molecule has 0 aliphatic carbocycles. The van der Waals surface area contributed by atoms with E-state index >= 15 is 0 Å². The quantitative estimate of drug-likeness (QED) is 0.880. The third-order valence-corrected chi connectivity index (χ3v) is 3.34. The molecule has 0 aliphatic heterocycles. The normalized spacial score (nSPS) is 10.2. The van der Waals surface area contributed by atoms with Gasteiger partial charge in [-0.15, -0.1) is 5.75 Å². The summed E-state index contributed by atoms with van der Waals surface area (Å²) < 4.78 is 5.38. The molecule has 0 spiro atoms. The zero-order valence-corrected chi connectivity index (χ0v) is 12.8. The lowest BCUT2D eigenvalue weighted by Crippen LogP contribution is -2.21. The highest BCUT2D eigenvalue weighted by Gasteiger charge is 2.12. The predicted molar refractivity (Wildman–Crippen MR) is 82.9 cm³/mol. The first kappa shape index (κ1) is 16.4. The molecular weight excluding hydrogens is 298 g/mol. The Balaban J connectivity index is 2.02. The number of amides is 1. The summed E-state index contributed by atoms with van der Waals surface area (Å²) in [6, 6.07) is 8.87.